The van der Waals surface area contributed by atoms with E-state index in [9.17, 15) is 29.3 Å². The molecule has 0 saturated carbocycles. The Morgan fingerprint density at radius 1 is 0.879 bits per heavy atom. The number of nitro groups is 1. The van der Waals surface area contributed by atoms with E-state index in [1.165, 1.54) is 31.2 Å². The molecule has 1 heterocycles. The van der Waals surface area contributed by atoms with Crippen molar-refractivity contribution in [1.29, 1.82) is 0 Å². The number of nitrogens with zero attached hydrogens (tertiary/aromatic N) is 1. The van der Waals surface area contributed by atoms with Crippen molar-refractivity contribution in [3.63, 3.8) is 0 Å². The van der Waals surface area contributed by atoms with Crippen molar-refractivity contribution in [1.82, 2.24) is 0 Å². The van der Waals surface area contributed by atoms with Gasteiger partial charge in [0.05, 0.1) is 0 Å². The Balaban J connectivity index is 2.43. The van der Waals surface area contributed by atoms with Crippen LogP contribution in [0.3, 0.4) is 0 Å². The Hall–Kier alpha value is -3.02. The second-order valence-electron chi connectivity index (χ2n) is 6.94. The van der Waals surface area contributed by atoms with Gasteiger partial charge < -0.3 is 0 Å². The van der Waals surface area contributed by atoms with Crippen LogP contribution in [0.1, 0.15) is 27.7 Å². The molecule has 0 spiro atoms. The second-order valence-corrected chi connectivity index (χ2v) is 9.39. The summed E-state index contributed by atoms with van der Waals surface area (Å²) in [4.78, 5) is 57.1. The zero-order valence-corrected chi connectivity index (χ0v) is 20.0. The van der Waals surface area contributed by atoms with E-state index in [0.29, 0.717) is 4.46 Å². The molecule has 13 heteroatoms. The van der Waals surface area contributed by atoms with Crippen LogP contribution in [-0.2, 0) is 42.9 Å². The molecule has 180 valence electrons. The Morgan fingerprint density at radius 3 is 1.88 bits per heavy atom. The minimum absolute atomic E-state index is 0.101. The maximum absolute atomic E-state index is 11.8. The third-order valence-corrected chi connectivity index (χ3v) is 6.67. The number of ether oxygens (including phenoxy) is 5. The van der Waals surface area contributed by atoms with Gasteiger partial charge >= 0.3 is 195 Å². The summed E-state index contributed by atoms with van der Waals surface area (Å²) in [5.41, 5.74) is -0.101. The number of carbonyl (C=O) groups excluding carboxylic acids is 4. The molecule has 0 aliphatic carbocycles. The summed E-state index contributed by atoms with van der Waals surface area (Å²) >= 11 is -0.608. The van der Waals surface area contributed by atoms with Gasteiger partial charge in [-0.1, -0.05) is 0 Å². The molecule has 0 radical (unpaired) electrons. The van der Waals surface area contributed by atoms with Gasteiger partial charge in [0.25, 0.3) is 0 Å². The van der Waals surface area contributed by atoms with Crippen molar-refractivity contribution in [2.75, 3.05) is 6.61 Å². The maximum atomic E-state index is 11.8. The van der Waals surface area contributed by atoms with Gasteiger partial charge in [0, 0.05) is 0 Å². The first-order valence-electron chi connectivity index (χ1n) is 9.69. The molecule has 0 aromatic heterocycles. The van der Waals surface area contributed by atoms with E-state index in [0.717, 1.165) is 20.8 Å². The number of non-ortho nitro benzene ring substituents is 1. The van der Waals surface area contributed by atoms with E-state index in [1.807, 2.05) is 0 Å². The van der Waals surface area contributed by atoms with E-state index in [2.05, 4.69) is 0 Å². The first-order valence-corrected chi connectivity index (χ1v) is 11.5. The van der Waals surface area contributed by atoms with Crippen LogP contribution in [0.5, 0.6) is 0 Å². The second kappa shape index (κ2) is 11.7. The fourth-order valence-electron chi connectivity index (χ4n) is 3.06. The minimum atomic E-state index is -1.24. The van der Waals surface area contributed by atoms with Crippen LogP contribution in [0.25, 0.3) is 0 Å². The number of carbonyl (C=O) groups is 4. The molecule has 1 aliphatic rings. The standard InChI is InChI=1S/C20H23NO11Se/c1-10(22)28-9-16-17(29-11(2)23)18(30-12(3)24)19(31-13(4)25)20(32-16)33-15-7-5-14(6-8-15)21(26)27/h5-8,16-20H,9H2,1-4H3/t16?,17-,18?,19?,20-/m0/s1. The Morgan fingerprint density at radius 2 is 1.39 bits per heavy atom. The van der Waals surface area contributed by atoms with Crippen molar-refractivity contribution in [2.45, 2.75) is 57.1 Å². The van der Waals surface area contributed by atoms with Crippen LogP contribution in [0.15, 0.2) is 24.3 Å². The van der Waals surface area contributed by atoms with Crippen molar-refractivity contribution in [3.05, 3.63) is 34.4 Å². The summed E-state index contributed by atoms with van der Waals surface area (Å²) in [5, 5.41) is 10.1. The summed E-state index contributed by atoms with van der Waals surface area (Å²) in [6.45, 7) is 4.31. The van der Waals surface area contributed by atoms with Crippen LogP contribution < -0.4 is 4.46 Å². The number of rotatable bonds is 8. The van der Waals surface area contributed by atoms with Crippen molar-refractivity contribution >= 4 is 49.0 Å². The molecule has 0 N–H and O–H groups in total. The van der Waals surface area contributed by atoms with E-state index in [1.54, 1.807) is 0 Å². The summed E-state index contributed by atoms with van der Waals surface area (Å²) in [6.07, 6.45) is -4.65. The molecule has 0 amide bonds. The molecule has 3 unspecified atom stereocenters. The fourth-order valence-corrected chi connectivity index (χ4v) is 5.38. The van der Waals surface area contributed by atoms with Gasteiger partial charge in [-0.25, -0.2) is 0 Å². The van der Waals surface area contributed by atoms with Gasteiger partial charge in [-0.15, -0.1) is 0 Å². The summed E-state index contributed by atoms with van der Waals surface area (Å²) in [6, 6.07) is 5.71. The van der Waals surface area contributed by atoms with Crippen LogP contribution in [-0.4, -0.2) is 79.8 Å². The monoisotopic (exact) mass is 533 g/mol. The van der Waals surface area contributed by atoms with Crippen LogP contribution in [0, 0.1) is 10.1 Å². The van der Waals surface area contributed by atoms with E-state index in [4.69, 9.17) is 23.7 Å². The first-order chi connectivity index (χ1) is 15.5. The fraction of sp³-hybridized carbons (Fsp3) is 0.500. The molecule has 1 aromatic rings. The number of hydrogen-bond acceptors (Lipinski definition) is 11. The Bertz CT molecular complexity index is 904. The quantitative estimate of drug-likeness (QED) is 0.146. The van der Waals surface area contributed by atoms with Gasteiger partial charge in [0.15, 0.2) is 0 Å². The third-order valence-electron chi connectivity index (χ3n) is 4.25. The molecule has 33 heavy (non-hydrogen) atoms. The molecule has 1 fully saturated rings. The SMILES string of the molecule is CC(=O)OCC1O[C@@H]([Se]c2ccc([N+](=O)[O-])cc2)C(OC(C)=O)C(OC(C)=O)[C@H]1OC(C)=O. The molecule has 0 bridgehead atoms. The molecule has 12 nitrogen and oxygen atoms in total. The van der Waals surface area contributed by atoms with Gasteiger partial charge in [0.2, 0.25) is 0 Å². The topological polar surface area (TPSA) is 158 Å². The molecule has 1 aromatic carbocycles. The van der Waals surface area contributed by atoms with E-state index in [-0.39, 0.29) is 12.3 Å². The molecule has 2 rings (SSSR count). The van der Waals surface area contributed by atoms with Crippen LogP contribution in [0.4, 0.5) is 5.69 Å². The predicted octanol–water partition coefficient (Wildman–Crippen LogP) is 0.00740. The van der Waals surface area contributed by atoms with E-state index >= 15 is 0 Å². The molecule has 1 aliphatic heterocycles. The molecule has 1 saturated heterocycles. The molecular weight excluding hydrogens is 509 g/mol. The van der Waals surface area contributed by atoms with Gasteiger partial charge in [-0.05, 0) is 0 Å². The van der Waals surface area contributed by atoms with Gasteiger partial charge in [-0.3, -0.25) is 0 Å². The summed E-state index contributed by atoms with van der Waals surface area (Å²) in [7, 11) is 0. The molecular formula is C20H23NO11Se. The van der Waals surface area contributed by atoms with Gasteiger partial charge in [0.1, 0.15) is 0 Å². The van der Waals surface area contributed by atoms with Crippen LogP contribution >= 0.6 is 0 Å². The number of hydrogen-bond donors (Lipinski definition) is 0. The third kappa shape index (κ3) is 7.81. The predicted molar refractivity (Wildman–Crippen MR) is 110 cm³/mol. The Kier molecular flexibility index (Phi) is 9.32. The van der Waals surface area contributed by atoms with Crippen molar-refractivity contribution in [2.24, 2.45) is 0 Å². The molecule has 5 atom stereocenters. The summed E-state index contributed by atoms with van der Waals surface area (Å²) < 4.78 is 27.8. The summed E-state index contributed by atoms with van der Waals surface area (Å²) in [5.74, 6) is -2.73. The average molecular weight is 532 g/mol. The number of esters is 4. The zero-order valence-electron chi connectivity index (χ0n) is 18.2. The zero-order chi connectivity index (χ0) is 24.7. The van der Waals surface area contributed by atoms with Crippen molar-refractivity contribution in [3.8, 4) is 0 Å². The average Bonchev–Trinajstić information content (AvgIpc) is 2.70. The normalized spacial score (nSPS) is 24.3. The van der Waals surface area contributed by atoms with Gasteiger partial charge in [-0.2, -0.15) is 0 Å². The van der Waals surface area contributed by atoms with Crippen molar-refractivity contribution < 1.29 is 47.8 Å². The van der Waals surface area contributed by atoms with E-state index < -0.39 is 73.2 Å². The first kappa shape index (κ1) is 26.2. The number of nitro benzene ring substituents is 1. The van der Waals surface area contributed by atoms with Crippen LogP contribution in [0.2, 0.25) is 0 Å². The Labute approximate surface area is 195 Å². The number of benzene rings is 1.